The van der Waals surface area contributed by atoms with Crippen LogP contribution in [-0.2, 0) is 9.53 Å². The van der Waals surface area contributed by atoms with Gasteiger partial charge >= 0.3 is 0 Å². The van der Waals surface area contributed by atoms with Crippen LogP contribution in [0.4, 0.5) is 11.4 Å². The fourth-order valence-corrected chi connectivity index (χ4v) is 3.01. The summed E-state index contributed by atoms with van der Waals surface area (Å²) in [7, 11) is 0. The van der Waals surface area contributed by atoms with Gasteiger partial charge in [-0.2, -0.15) is 0 Å². The average Bonchev–Trinajstić information content (AvgIpc) is 2.39. The molecular weight excluding hydrogens is 357 g/mol. The van der Waals surface area contributed by atoms with Gasteiger partial charge in [0.2, 0.25) is 5.91 Å². The van der Waals surface area contributed by atoms with Gasteiger partial charge in [-0.1, -0.05) is 0 Å². The minimum Gasteiger partial charge on any atom is -0.399 e. The Labute approximate surface area is 126 Å². The van der Waals surface area contributed by atoms with Crippen molar-refractivity contribution in [3.63, 3.8) is 0 Å². The van der Waals surface area contributed by atoms with Crippen molar-refractivity contribution in [1.29, 1.82) is 0 Å². The van der Waals surface area contributed by atoms with Crippen molar-refractivity contribution in [2.45, 2.75) is 13.0 Å². The number of likely N-dealkylation sites (N-methyl/N-ethyl adjacent to an activating group) is 1. The summed E-state index contributed by atoms with van der Waals surface area (Å²) >= 11 is 2.25. The number of ether oxygens (including phenoxy) is 1. The highest BCUT2D eigenvalue weighted by molar-refractivity contribution is 14.1. The maximum atomic E-state index is 12.1. The summed E-state index contributed by atoms with van der Waals surface area (Å²) in [5.41, 5.74) is 7.54. The summed E-state index contributed by atoms with van der Waals surface area (Å²) in [6, 6.07) is 5.47. The van der Waals surface area contributed by atoms with Crippen molar-refractivity contribution >= 4 is 39.9 Å². The van der Waals surface area contributed by atoms with Crippen molar-refractivity contribution in [2.75, 3.05) is 36.9 Å². The first kappa shape index (κ1) is 14.4. The molecule has 2 rings (SSSR count). The van der Waals surface area contributed by atoms with Gasteiger partial charge < -0.3 is 20.7 Å². The molecule has 0 aliphatic carbocycles. The number of amides is 1. The lowest BCUT2D eigenvalue weighted by atomic mass is 10.1. The van der Waals surface area contributed by atoms with E-state index in [2.05, 4.69) is 32.8 Å². The molecule has 1 unspecified atom stereocenters. The molecule has 1 aromatic carbocycles. The molecule has 1 aromatic rings. The zero-order valence-electron chi connectivity index (χ0n) is 10.9. The number of nitrogens with two attached hydrogens (primary N) is 1. The number of morpholine rings is 1. The number of anilines is 2. The van der Waals surface area contributed by atoms with Gasteiger partial charge in [0, 0.05) is 22.3 Å². The normalized spacial score (nSPS) is 19.3. The Kier molecular flexibility index (Phi) is 4.87. The number of hydrogen-bond acceptors (Lipinski definition) is 4. The van der Waals surface area contributed by atoms with E-state index in [1.54, 1.807) is 0 Å². The smallest absolute Gasteiger partial charge is 0.245 e. The second-order valence-electron chi connectivity index (χ2n) is 4.39. The molecule has 3 N–H and O–H groups in total. The van der Waals surface area contributed by atoms with Crippen molar-refractivity contribution in [3.8, 4) is 0 Å². The van der Waals surface area contributed by atoms with Crippen LogP contribution < -0.4 is 16.0 Å². The quantitative estimate of drug-likeness (QED) is 0.616. The lowest BCUT2D eigenvalue weighted by molar-refractivity contribution is -0.124. The molecule has 1 amide bonds. The molecule has 1 fully saturated rings. The third-order valence-electron chi connectivity index (χ3n) is 3.06. The molecule has 1 atom stereocenters. The molecule has 0 aromatic heterocycles. The SMILES string of the molecule is CCNC(=O)C1COCCN1c1ccc(N)cc1I. The fraction of sp³-hybridized carbons (Fsp3) is 0.462. The summed E-state index contributed by atoms with van der Waals surface area (Å²) < 4.78 is 6.49. The highest BCUT2D eigenvalue weighted by Gasteiger charge is 2.30. The molecule has 1 aliphatic heterocycles. The number of hydrogen-bond donors (Lipinski definition) is 2. The van der Waals surface area contributed by atoms with Crippen LogP contribution in [0.2, 0.25) is 0 Å². The number of rotatable bonds is 3. The standard InChI is InChI=1S/C13H18IN3O2/c1-2-16-13(18)12-8-19-6-5-17(12)11-4-3-9(15)7-10(11)14/h3-4,7,12H,2,5-6,8,15H2,1H3,(H,16,18). The summed E-state index contributed by atoms with van der Waals surface area (Å²) in [6.07, 6.45) is 0. The van der Waals surface area contributed by atoms with E-state index in [9.17, 15) is 4.79 Å². The number of benzene rings is 1. The van der Waals surface area contributed by atoms with Crippen LogP contribution in [0.5, 0.6) is 0 Å². The molecule has 6 heteroatoms. The molecule has 0 saturated carbocycles. The number of nitrogens with zero attached hydrogens (tertiary/aromatic N) is 1. The Balaban J connectivity index is 2.26. The van der Waals surface area contributed by atoms with E-state index in [0.29, 0.717) is 26.3 Å². The molecule has 1 aliphatic rings. The molecule has 1 saturated heterocycles. The van der Waals surface area contributed by atoms with Crippen molar-refractivity contribution < 1.29 is 9.53 Å². The lowest BCUT2D eigenvalue weighted by Gasteiger charge is -2.36. The minimum absolute atomic E-state index is 0.00910. The van der Waals surface area contributed by atoms with Crippen molar-refractivity contribution in [1.82, 2.24) is 5.32 Å². The van der Waals surface area contributed by atoms with Gasteiger partial charge in [0.05, 0.1) is 18.9 Å². The van der Waals surface area contributed by atoms with Gasteiger partial charge in [-0.3, -0.25) is 4.79 Å². The predicted octanol–water partition coefficient (Wildman–Crippen LogP) is 1.21. The molecule has 104 valence electrons. The summed E-state index contributed by atoms with van der Waals surface area (Å²) in [4.78, 5) is 14.2. The lowest BCUT2D eigenvalue weighted by Crippen LogP contribution is -2.54. The first-order valence-electron chi connectivity index (χ1n) is 6.30. The molecule has 0 bridgehead atoms. The van der Waals surface area contributed by atoms with Gasteiger partial charge in [-0.15, -0.1) is 0 Å². The zero-order chi connectivity index (χ0) is 13.8. The Morgan fingerprint density at radius 2 is 2.42 bits per heavy atom. The maximum Gasteiger partial charge on any atom is 0.245 e. The van der Waals surface area contributed by atoms with Crippen LogP contribution in [0, 0.1) is 3.57 Å². The van der Waals surface area contributed by atoms with E-state index in [1.807, 2.05) is 25.1 Å². The first-order valence-corrected chi connectivity index (χ1v) is 7.38. The first-order chi connectivity index (χ1) is 9.13. The van der Waals surface area contributed by atoms with Crippen LogP contribution in [0.25, 0.3) is 0 Å². The van der Waals surface area contributed by atoms with Gasteiger partial charge in [-0.05, 0) is 47.7 Å². The Morgan fingerprint density at radius 3 is 3.11 bits per heavy atom. The van der Waals surface area contributed by atoms with Crippen molar-refractivity contribution in [2.24, 2.45) is 0 Å². The van der Waals surface area contributed by atoms with Crippen LogP contribution >= 0.6 is 22.6 Å². The van der Waals surface area contributed by atoms with Crippen molar-refractivity contribution in [3.05, 3.63) is 21.8 Å². The van der Waals surface area contributed by atoms with E-state index in [4.69, 9.17) is 10.5 Å². The number of nitrogen functional groups attached to an aromatic ring is 1. The Hall–Kier alpha value is -1.02. The van der Waals surface area contributed by atoms with Crippen LogP contribution in [0.15, 0.2) is 18.2 Å². The molecule has 19 heavy (non-hydrogen) atoms. The second-order valence-corrected chi connectivity index (χ2v) is 5.55. The highest BCUT2D eigenvalue weighted by Crippen LogP contribution is 2.27. The third kappa shape index (κ3) is 3.30. The number of carbonyl (C=O) groups excluding carboxylic acids is 1. The molecule has 0 radical (unpaired) electrons. The molecule has 1 heterocycles. The topological polar surface area (TPSA) is 67.6 Å². The van der Waals surface area contributed by atoms with Crippen LogP contribution in [-0.4, -0.2) is 38.3 Å². The minimum atomic E-state index is -0.272. The average molecular weight is 375 g/mol. The van der Waals surface area contributed by atoms with E-state index < -0.39 is 0 Å². The van der Waals surface area contributed by atoms with Crippen LogP contribution in [0.1, 0.15) is 6.92 Å². The van der Waals surface area contributed by atoms with Gasteiger partial charge in [-0.25, -0.2) is 0 Å². The zero-order valence-corrected chi connectivity index (χ0v) is 13.0. The van der Waals surface area contributed by atoms with E-state index >= 15 is 0 Å². The van der Waals surface area contributed by atoms with Gasteiger partial charge in [0.15, 0.2) is 0 Å². The van der Waals surface area contributed by atoms with Gasteiger partial charge in [0.1, 0.15) is 6.04 Å². The monoisotopic (exact) mass is 375 g/mol. The second kappa shape index (κ2) is 6.42. The molecule has 5 nitrogen and oxygen atoms in total. The highest BCUT2D eigenvalue weighted by atomic mass is 127. The Morgan fingerprint density at radius 1 is 1.63 bits per heavy atom. The fourth-order valence-electron chi connectivity index (χ4n) is 2.16. The summed E-state index contributed by atoms with van der Waals surface area (Å²) in [5, 5.41) is 2.86. The van der Waals surface area contributed by atoms with Crippen LogP contribution in [0.3, 0.4) is 0 Å². The number of nitrogens with one attached hydrogen (secondary N) is 1. The van der Waals surface area contributed by atoms with E-state index in [-0.39, 0.29) is 11.9 Å². The number of carbonyl (C=O) groups is 1. The van der Waals surface area contributed by atoms with E-state index in [0.717, 1.165) is 14.9 Å². The van der Waals surface area contributed by atoms with Gasteiger partial charge in [0.25, 0.3) is 0 Å². The number of halogens is 1. The largest absolute Gasteiger partial charge is 0.399 e. The summed E-state index contributed by atoms with van der Waals surface area (Å²) in [5.74, 6) is 0.00910. The Bertz CT molecular complexity index is 467. The molecular formula is C13H18IN3O2. The summed E-state index contributed by atoms with van der Waals surface area (Å²) in [6.45, 7) is 4.31. The van der Waals surface area contributed by atoms with E-state index in [1.165, 1.54) is 0 Å². The molecule has 0 spiro atoms. The maximum absolute atomic E-state index is 12.1. The predicted molar refractivity (Wildman–Crippen MR) is 84.2 cm³/mol. The third-order valence-corrected chi connectivity index (χ3v) is 3.93.